The molecule has 0 aliphatic carbocycles. The Bertz CT molecular complexity index is 370. The van der Waals surface area contributed by atoms with Crippen LogP contribution in [-0.2, 0) is 0 Å². The summed E-state index contributed by atoms with van der Waals surface area (Å²) in [4.78, 5) is 0. The topological polar surface area (TPSA) is 46.2 Å². The average Bonchev–Trinajstić information content (AvgIpc) is 2.28. The number of nitrogens with two attached hydrogens (primary N) is 1. The molecule has 0 aliphatic rings. The van der Waals surface area contributed by atoms with E-state index in [1.165, 1.54) is 12.1 Å². The zero-order chi connectivity index (χ0) is 13.0. The van der Waals surface area contributed by atoms with Crippen molar-refractivity contribution in [1.82, 2.24) is 0 Å². The number of hydrogen-bond donors (Lipinski definition) is 2. The molecule has 0 spiro atoms. The van der Waals surface area contributed by atoms with Gasteiger partial charge in [0.05, 0.1) is 17.2 Å². The van der Waals surface area contributed by atoms with Crippen molar-refractivity contribution in [1.29, 1.82) is 0 Å². The Balaban J connectivity index is 2.67. The number of benzene rings is 1. The summed E-state index contributed by atoms with van der Waals surface area (Å²) >= 11 is 5.68. The predicted molar refractivity (Wildman–Crippen MR) is 68.4 cm³/mol. The second-order valence-electron chi connectivity index (χ2n) is 4.74. The first kappa shape index (κ1) is 14.4. The number of hydrogen-bond acceptors (Lipinski definition) is 2. The highest BCUT2D eigenvalue weighted by Gasteiger charge is 2.18. The maximum Gasteiger partial charge on any atom is 0.141 e. The van der Waals surface area contributed by atoms with Gasteiger partial charge in [0.2, 0.25) is 0 Å². The highest BCUT2D eigenvalue weighted by molar-refractivity contribution is 6.30. The number of halogens is 2. The Morgan fingerprint density at radius 1 is 1.35 bits per heavy atom. The quantitative estimate of drug-likeness (QED) is 0.853. The number of rotatable bonds is 5. The molecule has 1 aromatic carbocycles. The van der Waals surface area contributed by atoms with E-state index in [9.17, 15) is 9.50 Å². The van der Waals surface area contributed by atoms with Crippen LogP contribution in [0.4, 0.5) is 4.39 Å². The summed E-state index contributed by atoms with van der Waals surface area (Å²) in [7, 11) is 0. The van der Waals surface area contributed by atoms with E-state index >= 15 is 0 Å². The van der Waals surface area contributed by atoms with Crippen molar-refractivity contribution in [3.8, 4) is 0 Å². The van der Waals surface area contributed by atoms with Gasteiger partial charge in [0.15, 0.2) is 0 Å². The van der Waals surface area contributed by atoms with E-state index in [1.807, 2.05) is 0 Å². The molecule has 1 rings (SSSR count). The Morgan fingerprint density at radius 3 is 2.53 bits per heavy atom. The molecule has 0 amide bonds. The minimum atomic E-state index is -0.626. The average molecular weight is 260 g/mol. The Hall–Kier alpha value is -0.640. The van der Waals surface area contributed by atoms with Crippen molar-refractivity contribution in [2.45, 2.75) is 38.8 Å². The smallest absolute Gasteiger partial charge is 0.141 e. The molecule has 0 aromatic heterocycles. The van der Waals surface area contributed by atoms with Crippen LogP contribution in [0.1, 0.15) is 38.3 Å². The maximum atomic E-state index is 13.0. The van der Waals surface area contributed by atoms with Crippen molar-refractivity contribution < 1.29 is 9.50 Å². The summed E-state index contributed by atoms with van der Waals surface area (Å²) in [5.41, 5.74) is 6.57. The normalized spacial score (nSPS) is 15.0. The molecule has 17 heavy (non-hydrogen) atoms. The van der Waals surface area contributed by atoms with Gasteiger partial charge >= 0.3 is 0 Å². The first-order valence-electron chi connectivity index (χ1n) is 5.80. The van der Waals surface area contributed by atoms with Gasteiger partial charge in [-0.1, -0.05) is 31.5 Å². The summed E-state index contributed by atoms with van der Waals surface area (Å²) in [6, 6.07) is 3.78. The highest BCUT2D eigenvalue weighted by Crippen LogP contribution is 2.23. The molecule has 3 N–H and O–H groups in total. The van der Waals surface area contributed by atoms with E-state index in [4.69, 9.17) is 17.3 Å². The van der Waals surface area contributed by atoms with Gasteiger partial charge in [0.1, 0.15) is 5.82 Å². The lowest BCUT2D eigenvalue weighted by Gasteiger charge is -2.20. The van der Waals surface area contributed by atoms with Crippen LogP contribution in [-0.4, -0.2) is 11.2 Å². The third kappa shape index (κ3) is 4.26. The van der Waals surface area contributed by atoms with Gasteiger partial charge < -0.3 is 10.8 Å². The molecule has 2 nitrogen and oxygen atoms in total. The van der Waals surface area contributed by atoms with Gasteiger partial charge in [-0.25, -0.2) is 4.39 Å². The molecule has 0 fully saturated rings. The Labute approximate surface area is 107 Å². The summed E-state index contributed by atoms with van der Waals surface area (Å²) < 4.78 is 13.0. The molecule has 4 heteroatoms. The van der Waals surface area contributed by atoms with Crippen LogP contribution in [0.25, 0.3) is 0 Å². The molecule has 96 valence electrons. The minimum absolute atomic E-state index is 0.0361. The van der Waals surface area contributed by atoms with E-state index < -0.39 is 18.0 Å². The lowest BCUT2D eigenvalue weighted by Crippen LogP contribution is -2.26. The van der Waals surface area contributed by atoms with Crippen molar-refractivity contribution in [3.05, 3.63) is 34.6 Å². The van der Waals surface area contributed by atoms with Crippen molar-refractivity contribution in [2.24, 2.45) is 11.7 Å². The maximum absolute atomic E-state index is 13.0. The third-order valence-electron chi connectivity index (χ3n) is 2.78. The van der Waals surface area contributed by atoms with Gasteiger partial charge in [-0.05, 0) is 36.5 Å². The van der Waals surface area contributed by atoms with Crippen molar-refractivity contribution in [2.75, 3.05) is 0 Å². The number of aliphatic hydroxyl groups excluding tert-OH is 1. The van der Waals surface area contributed by atoms with Crippen LogP contribution in [0.2, 0.25) is 5.02 Å². The van der Waals surface area contributed by atoms with E-state index in [2.05, 4.69) is 13.8 Å². The van der Waals surface area contributed by atoms with Crippen LogP contribution >= 0.6 is 11.6 Å². The Morgan fingerprint density at radius 2 is 2.00 bits per heavy atom. The molecular weight excluding hydrogens is 241 g/mol. The summed E-state index contributed by atoms with van der Waals surface area (Å²) in [6.07, 6.45) is 0.913. The van der Waals surface area contributed by atoms with Crippen LogP contribution in [0, 0.1) is 11.7 Å². The fourth-order valence-electron chi connectivity index (χ4n) is 1.63. The molecule has 0 unspecified atom stereocenters. The Kier molecular flexibility index (Phi) is 5.37. The third-order valence-corrected chi connectivity index (χ3v) is 3.07. The summed E-state index contributed by atoms with van der Waals surface area (Å²) in [6.45, 7) is 4.18. The summed E-state index contributed by atoms with van der Waals surface area (Å²) in [5.74, 6) is 0.0490. The number of aliphatic hydroxyl groups is 1. The molecule has 1 aromatic rings. The first-order chi connectivity index (χ1) is 7.91. The first-order valence-corrected chi connectivity index (χ1v) is 6.18. The molecular formula is C13H19ClFNO. The summed E-state index contributed by atoms with van der Waals surface area (Å²) in [5, 5.41) is 9.95. The monoisotopic (exact) mass is 259 g/mol. The van der Waals surface area contributed by atoms with Gasteiger partial charge in [-0.2, -0.15) is 0 Å². The predicted octanol–water partition coefficient (Wildman–Crippen LogP) is 3.28. The zero-order valence-corrected chi connectivity index (χ0v) is 10.9. The van der Waals surface area contributed by atoms with Crippen LogP contribution < -0.4 is 5.73 Å². The molecule has 0 bridgehead atoms. The van der Waals surface area contributed by atoms with E-state index in [0.29, 0.717) is 17.9 Å². The lowest BCUT2D eigenvalue weighted by atomic mass is 9.96. The standard InChI is InChI=1S/C13H19ClFNO/c1-8(2)3-6-12(17)13(16)9-4-5-11(15)10(14)7-9/h4-5,7-8,12-13,17H,3,6,16H2,1-2H3/t12-,13+/m1/s1. The van der Waals surface area contributed by atoms with E-state index in [1.54, 1.807) is 6.07 Å². The molecule has 0 saturated carbocycles. The highest BCUT2D eigenvalue weighted by atomic mass is 35.5. The van der Waals surface area contributed by atoms with Crippen LogP contribution in [0.15, 0.2) is 18.2 Å². The van der Waals surface area contributed by atoms with E-state index in [0.717, 1.165) is 6.42 Å². The molecule has 2 atom stereocenters. The molecule has 0 heterocycles. The largest absolute Gasteiger partial charge is 0.391 e. The van der Waals surface area contributed by atoms with Gasteiger partial charge in [-0.3, -0.25) is 0 Å². The SMILES string of the molecule is CC(C)CC[C@@H](O)[C@@H](N)c1ccc(F)c(Cl)c1. The van der Waals surface area contributed by atoms with Gasteiger partial charge in [0.25, 0.3) is 0 Å². The van der Waals surface area contributed by atoms with Crippen molar-refractivity contribution in [3.63, 3.8) is 0 Å². The van der Waals surface area contributed by atoms with E-state index in [-0.39, 0.29) is 5.02 Å². The molecule has 0 saturated heterocycles. The fraction of sp³-hybridized carbons (Fsp3) is 0.538. The van der Waals surface area contributed by atoms with Gasteiger partial charge in [0, 0.05) is 0 Å². The lowest BCUT2D eigenvalue weighted by molar-refractivity contribution is 0.128. The minimum Gasteiger partial charge on any atom is -0.391 e. The second-order valence-corrected chi connectivity index (χ2v) is 5.15. The molecule has 0 radical (unpaired) electrons. The molecule has 0 aliphatic heterocycles. The van der Waals surface area contributed by atoms with Crippen LogP contribution in [0.5, 0.6) is 0 Å². The fourth-order valence-corrected chi connectivity index (χ4v) is 1.81. The second kappa shape index (κ2) is 6.34. The van der Waals surface area contributed by atoms with Crippen molar-refractivity contribution >= 4 is 11.6 Å². The van der Waals surface area contributed by atoms with Gasteiger partial charge in [-0.15, -0.1) is 0 Å². The van der Waals surface area contributed by atoms with Crippen LogP contribution in [0.3, 0.4) is 0 Å². The zero-order valence-electron chi connectivity index (χ0n) is 10.2.